The summed E-state index contributed by atoms with van der Waals surface area (Å²) in [6.07, 6.45) is 1.78. The highest BCUT2D eigenvalue weighted by atomic mass is 19.1. The number of hydrazine groups is 1. The molecule has 0 saturated carbocycles. The van der Waals surface area contributed by atoms with Crippen LogP contribution in [0, 0.1) is 25.5 Å². The molecule has 1 fully saturated rings. The minimum Gasteiger partial charge on any atom is -0.306 e. The van der Waals surface area contributed by atoms with E-state index in [1.54, 1.807) is 5.01 Å². The number of para-hydroxylation sites is 1. The van der Waals surface area contributed by atoms with Crippen LogP contribution in [-0.2, 0) is 0 Å². The molecule has 36 heavy (non-hydrogen) atoms. The number of halogens is 2. The van der Waals surface area contributed by atoms with Gasteiger partial charge in [0.2, 0.25) is 0 Å². The van der Waals surface area contributed by atoms with Gasteiger partial charge in [-0.25, -0.2) is 19.0 Å². The van der Waals surface area contributed by atoms with Crippen LogP contribution < -0.4 is 10.7 Å². The van der Waals surface area contributed by atoms with Crippen molar-refractivity contribution in [3.8, 4) is 0 Å². The number of aryl methyl sites for hydroxylation is 2. The van der Waals surface area contributed by atoms with Crippen LogP contribution in [0.5, 0.6) is 0 Å². The lowest BCUT2D eigenvalue weighted by Gasteiger charge is -2.24. The fraction of sp³-hybridized carbons (Fsp3) is 0.345. The smallest absolute Gasteiger partial charge is 0.306 e. The number of urea groups is 1. The number of rotatable bonds is 7. The fourth-order valence-corrected chi connectivity index (χ4v) is 4.79. The Morgan fingerprint density at radius 3 is 2.06 bits per heavy atom. The van der Waals surface area contributed by atoms with Crippen LogP contribution in [0.3, 0.4) is 0 Å². The highest BCUT2D eigenvalue weighted by molar-refractivity contribution is 5.90. The summed E-state index contributed by atoms with van der Waals surface area (Å²) >= 11 is 0. The maximum Gasteiger partial charge on any atom is 0.336 e. The number of nitrogens with one attached hydrogen (secondary N) is 2. The van der Waals surface area contributed by atoms with E-state index < -0.39 is 0 Å². The first kappa shape index (κ1) is 25.8. The molecule has 3 aromatic carbocycles. The van der Waals surface area contributed by atoms with Gasteiger partial charge in [-0.3, -0.25) is 5.01 Å². The average molecular weight is 493 g/mol. The monoisotopic (exact) mass is 492 g/mol. The number of carbonyl (C=O) groups excluding carboxylic acids is 1. The largest absolute Gasteiger partial charge is 0.336 e. The Kier molecular flexibility index (Phi) is 8.67. The number of carbonyl (C=O) groups is 1. The van der Waals surface area contributed by atoms with Crippen molar-refractivity contribution in [2.75, 3.05) is 38.0 Å². The van der Waals surface area contributed by atoms with Gasteiger partial charge in [0.1, 0.15) is 11.6 Å². The zero-order valence-electron chi connectivity index (χ0n) is 20.9. The molecule has 0 atom stereocenters. The third kappa shape index (κ3) is 6.68. The van der Waals surface area contributed by atoms with Crippen molar-refractivity contribution in [3.63, 3.8) is 0 Å². The van der Waals surface area contributed by atoms with Crippen LogP contribution >= 0.6 is 0 Å². The molecule has 0 aliphatic carbocycles. The number of nitrogens with zero attached hydrogens (tertiary/aromatic N) is 2. The van der Waals surface area contributed by atoms with Gasteiger partial charge in [-0.1, -0.05) is 42.5 Å². The Balaban J connectivity index is 1.32. The molecule has 0 radical (unpaired) electrons. The SMILES string of the molecule is Cc1cccc(C)c1NC(=O)N1CCN(CCCC(c2ccc(F)cc2)c2ccc(F)cc2)CCN1. The van der Waals surface area contributed by atoms with Crippen LogP contribution in [-0.4, -0.2) is 48.7 Å². The number of hydrogen-bond donors (Lipinski definition) is 2. The van der Waals surface area contributed by atoms with Gasteiger partial charge in [-0.15, -0.1) is 0 Å². The van der Waals surface area contributed by atoms with Crippen LogP contribution in [0.25, 0.3) is 0 Å². The molecule has 4 rings (SSSR count). The van der Waals surface area contributed by atoms with Gasteiger partial charge in [-0.2, -0.15) is 0 Å². The van der Waals surface area contributed by atoms with E-state index in [2.05, 4.69) is 15.6 Å². The summed E-state index contributed by atoms with van der Waals surface area (Å²) in [5, 5.41) is 4.70. The van der Waals surface area contributed by atoms with E-state index in [9.17, 15) is 13.6 Å². The quantitative estimate of drug-likeness (QED) is 0.435. The van der Waals surface area contributed by atoms with E-state index in [-0.39, 0.29) is 23.6 Å². The number of benzene rings is 3. The van der Waals surface area contributed by atoms with Crippen LogP contribution in [0.15, 0.2) is 66.7 Å². The molecule has 0 aromatic heterocycles. The van der Waals surface area contributed by atoms with Gasteiger partial charge in [0, 0.05) is 31.2 Å². The van der Waals surface area contributed by atoms with Crippen molar-refractivity contribution in [2.24, 2.45) is 0 Å². The second kappa shape index (κ2) is 12.1. The summed E-state index contributed by atoms with van der Waals surface area (Å²) in [7, 11) is 0. The third-order valence-electron chi connectivity index (χ3n) is 6.84. The molecule has 5 nitrogen and oxygen atoms in total. The molecule has 0 spiro atoms. The van der Waals surface area contributed by atoms with Crippen LogP contribution in [0.2, 0.25) is 0 Å². The van der Waals surface area contributed by atoms with Gasteiger partial charge in [-0.05, 0) is 79.8 Å². The maximum absolute atomic E-state index is 13.5. The molecule has 0 bridgehead atoms. The molecular weight excluding hydrogens is 458 g/mol. The van der Waals surface area contributed by atoms with Gasteiger partial charge in [0.25, 0.3) is 0 Å². The van der Waals surface area contributed by atoms with E-state index in [1.165, 1.54) is 24.3 Å². The Bertz CT molecular complexity index is 1090. The van der Waals surface area contributed by atoms with Crippen molar-refractivity contribution in [3.05, 3.63) is 101 Å². The van der Waals surface area contributed by atoms with Crippen molar-refractivity contribution in [1.82, 2.24) is 15.3 Å². The summed E-state index contributed by atoms with van der Waals surface area (Å²) in [5.74, 6) is -0.462. The topological polar surface area (TPSA) is 47.6 Å². The molecule has 7 heteroatoms. The Labute approximate surface area is 212 Å². The predicted molar refractivity (Wildman–Crippen MR) is 140 cm³/mol. The molecule has 2 N–H and O–H groups in total. The van der Waals surface area contributed by atoms with Crippen molar-refractivity contribution in [1.29, 1.82) is 0 Å². The predicted octanol–water partition coefficient (Wildman–Crippen LogP) is 5.85. The van der Waals surface area contributed by atoms with Crippen molar-refractivity contribution in [2.45, 2.75) is 32.6 Å². The molecule has 3 aromatic rings. The summed E-state index contributed by atoms with van der Waals surface area (Å²) < 4.78 is 27.0. The average Bonchev–Trinajstić information content (AvgIpc) is 3.11. The summed E-state index contributed by atoms with van der Waals surface area (Å²) in [6.45, 7) is 7.73. The molecule has 2 amide bonds. The van der Waals surface area contributed by atoms with E-state index >= 15 is 0 Å². The van der Waals surface area contributed by atoms with Crippen molar-refractivity contribution >= 4 is 11.7 Å². The Morgan fingerprint density at radius 1 is 0.889 bits per heavy atom. The number of hydrogen-bond acceptors (Lipinski definition) is 3. The minimum atomic E-state index is -0.264. The highest BCUT2D eigenvalue weighted by Gasteiger charge is 2.21. The van der Waals surface area contributed by atoms with Crippen molar-refractivity contribution < 1.29 is 13.6 Å². The summed E-state index contributed by atoms with van der Waals surface area (Å²) in [4.78, 5) is 15.2. The zero-order chi connectivity index (χ0) is 25.5. The number of amides is 2. The van der Waals surface area contributed by atoms with Gasteiger partial charge < -0.3 is 10.2 Å². The first-order valence-corrected chi connectivity index (χ1v) is 12.5. The van der Waals surface area contributed by atoms with Gasteiger partial charge >= 0.3 is 6.03 Å². The fourth-order valence-electron chi connectivity index (χ4n) is 4.79. The third-order valence-corrected chi connectivity index (χ3v) is 6.84. The second-order valence-corrected chi connectivity index (χ2v) is 9.40. The molecule has 1 aliphatic heterocycles. The highest BCUT2D eigenvalue weighted by Crippen LogP contribution is 2.30. The van der Waals surface area contributed by atoms with E-state index in [4.69, 9.17) is 0 Å². The van der Waals surface area contributed by atoms with E-state index in [1.807, 2.05) is 56.3 Å². The lowest BCUT2D eigenvalue weighted by molar-refractivity contribution is 0.189. The lowest BCUT2D eigenvalue weighted by Crippen LogP contribution is -2.46. The first-order chi connectivity index (χ1) is 17.4. The standard InChI is InChI=1S/C29H34F2N4O/c1-21-5-3-6-22(2)28(21)33-29(36)35-20-19-34(18-16-32-35)17-4-7-27(23-8-12-25(30)13-9-23)24-10-14-26(31)15-11-24/h3,5-6,8-15,27,32H,4,7,16-20H2,1-2H3,(H,33,36). The second-order valence-electron chi connectivity index (χ2n) is 9.40. The van der Waals surface area contributed by atoms with Crippen LogP contribution in [0.4, 0.5) is 19.3 Å². The summed E-state index contributed by atoms with van der Waals surface area (Å²) in [5.41, 5.74) is 8.22. The van der Waals surface area contributed by atoms with Crippen LogP contribution in [0.1, 0.15) is 41.0 Å². The summed E-state index contributed by atoms with van der Waals surface area (Å²) in [6, 6.07) is 19.0. The molecule has 1 aliphatic rings. The number of anilines is 1. The first-order valence-electron chi connectivity index (χ1n) is 12.5. The molecule has 1 heterocycles. The zero-order valence-corrected chi connectivity index (χ0v) is 20.9. The van der Waals surface area contributed by atoms with E-state index in [0.29, 0.717) is 13.1 Å². The lowest BCUT2D eigenvalue weighted by atomic mass is 9.87. The maximum atomic E-state index is 13.5. The minimum absolute atomic E-state index is 0.0657. The Hall–Kier alpha value is -3.29. The molecule has 1 saturated heterocycles. The van der Waals surface area contributed by atoms with Gasteiger partial charge in [0.15, 0.2) is 0 Å². The normalized spacial score (nSPS) is 14.6. The molecule has 190 valence electrons. The van der Waals surface area contributed by atoms with E-state index in [0.717, 1.165) is 60.4 Å². The molecular formula is C29H34F2N4O. The molecule has 0 unspecified atom stereocenters. The Morgan fingerprint density at radius 2 is 1.47 bits per heavy atom. The van der Waals surface area contributed by atoms with Gasteiger partial charge in [0.05, 0.1) is 6.54 Å².